The van der Waals surface area contributed by atoms with E-state index in [2.05, 4.69) is 18.7 Å². The van der Waals surface area contributed by atoms with Gasteiger partial charge in [0.05, 0.1) is 12.0 Å². The number of nitrogens with zero attached hydrogens (tertiary/aromatic N) is 1. The lowest BCUT2D eigenvalue weighted by Gasteiger charge is -2.33. The molecule has 0 amide bonds. The first-order chi connectivity index (χ1) is 7.56. The fourth-order valence-electron chi connectivity index (χ4n) is 3.37. The minimum Gasteiger partial charge on any atom is -0.481 e. The summed E-state index contributed by atoms with van der Waals surface area (Å²) in [6.07, 6.45) is 3.16. The van der Waals surface area contributed by atoms with Gasteiger partial charge in [0, 0.05) is 25.2 Å². The quantitative estimate of drug-likeness (QED) is 0.787. The third-order valence-electron chi connectivity index (χ3n) is 4.43. The average Bonchev–Trinajstić information content (AvgIpc) is 2.83. The van der Waals surface area contributed by atoms with E-state index in [1.165, 1.54) is 0 Å². The van der Waals surface area contributed by atoms with Gasteiger partial charge in [-0.1, -0.05) is 0 Å². The van der Waals surface area contributed by atoms with Crippen LogP contribution in [-0.4, -0.2) is 47.3 Å². The van der Waals surface area contributed by atoms with E-state index in [0.29, 0.717) is 12.1 Å². The van der Waals surface area contributed by atoms with Crippen molar-refractivity contribution in [3.63, 3.8) is 0 Å². The molecule has 2 rings (SSSR count). The van der Waals surface area contributed by atoms with E-state index in [1.807, 2.05) is 0 Å². The Balaban J connectivity index is 2.10. The number of carbonyl (C=O) groups is 1. The van der Waals surface area contributed by atoms with Crippen molar-refractivity contribution in [1.29, 1.82) is 0 Å². The highest BCUT2D eigenvalue weighted by Crippen LogP contribution is 2.43. The molecular formula is C12H21NO3. The van der Waals surface area contributed by atoms with Crippen molar-refractivity contribution in [2.24, 2.45) is 5.92 Å². The minimum absolute atomic E-state index is 0.162. The number of hydrogen-bond acceptors (Lipinski definition) is 3. The number of rotatable bonds is 4. The Bertz CT molecular complexity index is 281. The lowest BCUT2D eigenvalue weighted by molar-refractivity contribution is -0.142. The van der Waals surface area contributed by atoms with Gasteiger partial charge in [-0.3, -0.25) is 9.69 Å². The van der Waals surface area contributed by atoms with Crippen molar-refractivity contribution in [3.05, 3.63) is 0 Å². The van der Waals surface area contributed by atoms with Gasteiger partial charge in [-0.15, -0.1) is 0 Å². The maximum Gasteiger partial charge on any atom is 0.308 e. The van der Waals surface area contributed by atoms with Gasteiger partial charge in [0.25, 0.3) is 0 Å². The van der Waals surface area contributed by atoms with Crippen LogP contribution in [0.3, 0.4) is 0 Å². The van der Waals surface area contributed by atoms with E-state index >= 15 is 0 Å². The average molecular weight is 227 g/mol. The standard InChI is InChI=1S/C12H21NO3/c1-7(8(2)16-3)13-9-4-5-11(13)10(6-9)12(14)15/h7-11H,4-6H2,1-3H3,(H,14,15). The van der Waals surface area contributed by atoms with Gasteiger partial charge in [-0.05, 0) is 33.1 Å². The van der Waals surface area contributed by atoms with Gasteiger partial charge in [-0.25, -0.2) is 0 Å². The predicted octanol–water partition coefficient (Wildman–Crippen LogP) is 1.35. The van der Waals surface area contributed by atoms with Gasteiger partial charge >= 0.3 is 5.97 Å². The molecule has 2 aliphatic rings. The van der Waals surface area contributed by atoms with Gasteiger partial charge in [0.15, 0.2) is 0 Å². The number of ether oxygens (including phenoxy) is 1. The zero-order valence-electron chi connectivity index (χ0n) is 10.2. The zero-order valence-corrected chi connectivity index (χ0v) is 10.2. The number of hydrogen-bond donors (Lipinski definition) is 1. The molecule has 0 aromatic rings. The third-order valence-corrected chi connectivity index (χ3v) is 4.43. The monoisotopic (exact) mass is 227 g/mol. The van der Waals surface area contributed by atoms with Gasteiger partial charge in [0.1, 0.15) is 0 Å². The second-order valence-corrected chi connectivity index (χ2v) is 5.11. The van der Waals surface area contributed by atoms with Crippen LogP contribution in [0.25, 0.3) is 0 Å². The largest absolute Gasteiger partial charge is 0.481 e. The smallest absolute Gasteiger partial charge is 0.308 e. The summed E-state index contributed by atoms with van der Waals surface area (Å²) < 4.78 is 5.36. The molecule has 2 saturated heterocycles. The number of fused-ring (bicyclic) bond motifs is 2. The fourth-order valence-corrected chi connectivity index (χ4v) is 3.37. The van der Waals surface area contributed by atoms with E-state index in [9.17, 15) is 9.90 Å². The van der Waals surface area contributed by atoms with Crippen molar-refractivity contribution in [1.82, 2.24) is 4.90 Å². The van der Waals surface area contributed by atoms with Crippen molar-refractivity contribution < 1.29 is 14.6 Å². The molecule has 0 radical (unpaired) electrons. The fraction of sp³-hybridized carbons (Fsp3) is 0.917. The Morgan fingerprint density at radius 2 is 2.12 bits per heavy atom. The molecule has 4 heteroatoms. The number of carboxylic acid groups (broad SMARTS) is 1. The Morgan fingerprint density at radius 3 is 2.62 bits per heavy atom. The predicted molar refractivity (Wildman–Crippen MR) is 60.3 cm³/mol. The maximum absolute atomic E-state index is 11.1. The molecule has 0 aromatic heterocycles. The number of methoxy groups -OCH3 is 1. The summed E-state index contributed by atoms with van der Waals surface area (Å²) >= 11 is 0. The van der Waals surface area contributed by atoms with E-state index in [-0.39, 0.29) is 18.1 Å². The summed E-state index contributed by atoms with van der Waals surface area (Å²) in [5.41, 5.74) is 0. The van der Waals surface area contributed by atoms with Crippen LogP contribution in [0.4, 0.5) is 0 Å². The van der Waals surface area contributed by atoms with Crippen molar-refractivity contribution in [3.8, 4) is 0 Å². The van der Waals surface area contributed by atoms with Crippen LogP contribution >= 0.6 is 0 Å². The molecule has 2 bridgehead atoms. The van der Waals surface area contributed by atoms with Crippen LogP contribution in [0.1, 0.15) is 33.1 Å². The number of aliphatic carboxylic acids is 1. The van der Waals surface area contributed by atoms with Crippen LogP contribution in [0.15, 0.2) is 0 Å². The first-order valence-corrected chi connectivity index (χ1v) is 6.09. The maximum atomic E-state index is 11.1. The molecule has 5 unspecified atom stereocenters. The lowest BCUT2D eigenvalue weighted by atomic mass is 9.89. The summed E-state index contributed by atoms with van der Waals surface area (Å²) in [7, 11) is 1.72. The zero-order chi connectivity index (χ0) is 11.9. The lowest BCUT2D eigenvalue weighted by Crippen LogP contribution is -2.45. The Kier molecular flexibility index (Phi) is 3.22. The molecule has 2 heterocycles. The van der Waals surface area contributed by atoms with Crippen molar-refractivity contribution >= 4 is 5.97 Å². The summed E-state index contributed by atoms with van der Waals surface area (Å²) in [6.45, 7) is 4.20. The van der Waals surface area contributed by atoms with Crippen molar-refractivity contribution in [2.75, 3.05) is 7.11 Å². The highest BCUT2D eigenvalue weighted by molar-refractivity contribution is 5.71. The minimum atomic E-state index is -0.630. The van der Waals surface area contributed by atoms with E-state index in [1.54, 1.807) is 7.11 Å². The van der Waals surface area contributed by atoms with Gasteiger partial charge in [-0.2, -0.15) is 0 Å². The molecule has 0 saturated carbocycles. The molecule has 0 spiro atoms. The second kappa shape index (κ2) is 4.34. The summed E-state index contributed by atoms with van der Waals surface area (Å²) in [6, 6.07) is 1.00. The molecule has 16 heavy (non-hydrogen) atoms. The Hall–Kier alpha value is -0.610. The molecule has 92 valence electrons. The summed E-state index contributed by atoms with van der Waals surface area (Å²) in [5, 5.41) is 9.17. The second-order valence-electron chi connectivity index (χ2n) is 5.11. The van der Waals surface area contributed by atoms with Gasteiger partial charge in [0.2, 0.25) is 0 Å². The first-order valence-electron chi connectivity index (χ1n) is 6.09. The van der Waals surface area contributed by atoms with Gasteiger partial charge < -0.3 is 9.84 Å². The van der Waals surface area contributed by atoms with E-state index in [0.717, 1.165) is 19.3 Å². The molecule has 4 nitrogen and oxygen atoms in total. The molecule has 0 aromatic carbocycles. The highest BCUT2D eigenvalue weighted by atomic mass is 16.5. The molecule has 1 N–H and O–H groups in total. The van der Waals surface area contributed by atoms with Crippen molar-refractivity contribution in [2.45, 2.75) is 57.3 Å². The SMILES string of the molecule is COC(C)C(C)N1C2CCC1C(C(=O)O)C2. The topological polar surface area (TPSA) is 49.8 Å². The normalized spacial score (nSPS) is 37.6. The molecule has 2 aliphatic heterocycles. The van der Waals surface area contributed by atoms with Crippen LogP contribution < -0.4 is 0 Å². The molecule has 0 aliphatic carbocycles. The van der Waals surface area contributed by atoms with Crippen LogP contribution in [0.5, 0.6) is 0 Å². The van der Waals surface area contributed by atoms with E-state index in [4.69, 9.17) is 4.74 Å². The van der Waals surface area contributed by atoms with E-state index < -0.39 is 5.97 Å². The van der Waals surface area contributed by atoms with Crippen LogP contribution in [-0.2, 0) is 9.53 Å². The van der Waals surface area contributed by atoms with Crippen LogP contribution in [0, 0.1) is 5.92 Å². The molecule has 2 fully saturated rings. The molecular weight excluding hydrogens is 206 g/mol. The Labute approximate surface area is 96.6 Å². The Morgan fingerprint density at radius 1 is 1.44 bits per heavy atom. The highest BCUT2D eigenvalue weighted by Gasteiger charge is 2.51. The first kappa shape index (κ1) is 11.9. The third kappa shape index (κ3) is 1.74. The van der Waals surface area contributed by atoms with Crippen LogP contribution in [0.2, 0.25) is 0 Å². The molecule has 5 atom stereocenters. The number of carboxylic acids is 1. The summed E-state index contributed by atoms with van der Waals surface area (Å²) in [5.74, 6) is -0.792. The summed E-state index contributed by atoms with van der Waals surface area (Å²) in [4.78, 5) is 13.5.